The van der Waals surface area contributed by atoms with Gasteiger partial charge in [-0.05, 0) is 31.9 Å². The summed E-state index contributed by atoms with van der Waals surface area (Å²) in [5, 5.41) is 8.75. The number of aryl methyl sites for hydroxylation is 1. The minimum absolute atomic E-state index is 0.0558. The van der Waals surface area contributed by atoms with E-state index in [9.17, 15) is 13.2 Å². The Hall–Kier alpha value is -1.29. The van der Waals surface area contributed by atoms with Crippen molar-refractivity contribution in [1.29, 1.82) is 0 Å². The van der Waals surface area contributed by atoms with Crippen molar-refractivity contribution in [2.75, 3.05) is 18.8 Å². The molecule has 0 saturated carbocycles. The predicted molar refractivity (Wildman–Crippen MR) is 98.8 cm³/mol. The molecule has 3 rings (SSSR count). The van der Waals surface area contributed by atoms with Crippen LogP contribution in [0.4, 0.5) is 0 Å². The zero-order valence-corrected chi connectivity index (χ0v) is 16.3. The van der Waals surface area contributed by atoms with Gasteiger partial charge in [0.15, 0.2) is 10.1 Å². The molecular formula is C16H19N3O3S3. The molecule has 1 aromatic heterocycles. The summed E-state index contributed by atoms with van der Waals surface area (Å²) in [7, 11) is -3.46. The Kier molecular flexibility index (Phi) is 5.88. The van der Waals surface area contributed by atoms with Crippen LogP contribution in [0.2, 0.25) is 0 Å². The SMILES string of the molecule is Cc1nnc(SCC(=O)c2ccc(S(=O)(=O)N3CCCCC3)cc2)s1. The molecule has 1 aromatic carbocycles. The lowest BCUT2D eigenvalue weighted by atomic mass is 10.1. The number of nitrogens with zero attached hydrogens (tertiary/aromatic N) is 3. The van der Waals surface area contributed by atoms with Crippen LogP contribution < -0.4 is 0 Å². The van der Waals surface area contributed by atoms with E-state index >= 15 is 0 Å². The fourth-order valence-electron chi connectivity index (χ4n) is 2.61. The molecule has 0 radical (unpaired) electrons. The first-order valence-electron chi connectivity index (χ1n) is 8.03. The highest BCUT2D eigenvalue weighted by atomic mass is 32.2. The Labute approximate surface area is 155 Å². The van der Waals surface area contributed by atoms with Crippen LogP contribution in [0.15, 0.2) is 33.5 Å². The van der Waals surface area contributed by atoms with E-state index < -0.39 is 10.0 Å². The number of Topliss-reactive ketones (excluding diaryl/α,β-unsaturated/α-hetero) is 1. The van der Waals surface area contributed by atoms with E-state index in [-0.39, 0.29) is 16.4 Å². The van der Waals surface area contributed by atoms with Crippen LogP contribution in [-0.4, -0.2) is 47.5 Å². The Bertz CT molecular complexity index is 841. The van der Waals surface area contributed by atoms with E-state index in [0.717, 1.165) is 28.6 Å². The zero-order chi connectivity index (χ0) is 17.9. The largest absolute Gasteiger partial charge is 0.293 e. The van der Waals surface area contributed by atoms with Gasteiger partial charge in [0.25, 0.3) is 0 Å². The summed E-state index contributed by atoms with van der Waals surface area (Å²) in [6, 6.07) is 6.23. The Morgan fingerprint density at radius 2 is 1.84 bits per heavy atom. The third-order valence-corrected chi connectivity index (χ3v) is 7.85. The highest BCUT2D eigenvalue weighted by molar-refractivity contribution is 8.01. The molecule has 9 heteroatoms. The van der Waals surface area contributed by atoms with Gasteiger partial charge in [0.2, 0.25) is 10.0 Å². The number of carbonyl (C=O) groups is 1. The Morgan fingerprint density at radius 3 is 2.44 bits per heavy atom. The number of aromatic nitrogens is 2. The molecule has 0 unspecified atom stereocenters. The van der Waals surface area contributed by atoms with Gasteiger partial charge in [0.05, 0.1) is 10.6 Å². The van der Waals surface area contributed by atoms with E-state index in [4.69, 9.17) is 0 Å². The van der Waals surface area contributed by atoms with E-state index in [1.54, 1.807) is 12.1 Å². The molecule has 134 valence electrons. The average molecular weight is 398 g/mol. The lowest BCUT2D eigenvalue weighted by Crippen LogP contribution is -2.35. The molecule has 1 aliphatic rings. The topological polar surface area (TPSA) is 80.2 Å². The van der Waals surface area contributed by atoms with Crippen LogP contribution in [0.1, 0.15) is 34.6 Å². The van der Waals surface area contributed by atoms with Gasteiger partial charge in [-0.3, -0.25) is 4.79 Å². The predicted octanol–water partition coefficient (Wildman–Crippen LogP) is 3.00. The number of thioether (sulfide) groups is 1. The normalized spacial score (nSPS) is 16.0. The molecule has 25 heavy (non-hydrogen) atoms. The molecule has 0 aliphatic carbocycles. The first kappa shape index (κ1) is 18.5. The number of benzene rings is 1. The lowest BCUT2D eigenvalue weighted by Gasteiger charge is -2.25. The van der Waals surface area contributed by atoms with Crippen molar-refractivity contribution in [1.82, 2.24) is 14.5 Å². The smallest absolute Gasteiger partial charge is 0.243 e. The maximum Gasteiger partial charge on any atom is 0.243 e. The van der Waals surface area contributed by atoms with Crippen molar-refractivity contribution in [2.24, 2.45) is 0 Å². The molecule has 1 fully saturated rings. The number of rotatable bonds is 6. The number of hydrogen-bond donors (Lipinski definition) is 0. The van der Waals surface area contributed by atoms with Gasteiger partial charge in [-0.2, -0.15) is 4.31 Å². The molecule has 6 nitrogen and oxygen atoms in total. The van der Waals surface area contributed by atoms with Gasteiger partial charge in [-0.1, -0.05) is 41.7 Å². The van der Waals surface area contributed by atoms with Crippen LogP contribution >= 0.6 is 23.1 Å². The second kappa shape index (κ2) is 7.94. The highest BCUT2D eigenvalue weighted by Gasteiger charge is 2.25. The first-order chi connectivity index (χ1) is 12.0. The van der Waals surface area contributed by atoms with E-state index in [2.05, 4.69) is 10.2 Å². The number of hydrogen-bond acceptors (Lipinski definition) is 7. The lowest BCUT2D eigenvalue weighted by molar-refractivity contribution is 0.102. The van der Waals surface area contributed by atoms with E-state index in [1.807, 2.05) is 6.92 Å². The van der Waals surface area contributed by atoms with E-state index in [0.29, 0.717) is 18.7 Å². The fraction of sp³-hybridized carbons (Fsp3) is 0.438. The number of sulfonamides is 1. The zero-order valence-electron chi connectivity index (χ0n) is 13.8. The summed E-state index contributed by atoms with van der Waals surface area (Å²) >= 11 is 2.80. The molecule has 0 atom stereocenters. The van der Waals surface area contributed by atoms with Crippen molar-refractivity contribution in [3.05, 3.63) is 34.8 Å². The monoisotopic (exact) mass is 397 g/mol. The first-order valence-corrected chi connectivity index (χ1v) is 11.3. The fourth-order valence-corrected chi connectivity index (χ4v) is 5.84. The second-order valence-electron chi connectivity index (χ2n) is 5.79. The average Bonchev–Trinajstić information content (AvgIpc) is 3.06. The molecule has 1 saturated heterocycles. The van der Waals surface area contributed by atoms with Gasteiger partial charge >= 0.3 is 0 Å². The molecule has 1 aliphatic heterocycles. The molecular weight excluding hydrogens is 378 g/mol. The van der Waals surface area contributed by atoms with Crippen LogP contribution in [0.3, 0.4) is 0 Å². The van der Waals surface area contributed by atoms with Gasteiger partial charge in [-0.15, -0.1) is 10.2 Å². The Morgan fingerprint density at radius 1 is 1.16 bits per heavy atom. The molecule has 0 N–H and O–H groups in total. The standard InChI is InChI=1S/C16H19N3O3S3/c1-12-17-18-16(24-12)23-11-15(20)13-5-7-14(8-6-13)25(21,22)19-9-3-2-4-10-19/h5-8H,2-4,9-11H2,1H3. The van der Waals surface area contributed by atoms with Gasteiger partial charge in [0.1, 0.15) is 5.01 Å². The van der Waals surface area contributed by atoms with Crippen molar-refractivity contribution >= 4 is 38.9 Å². The van der Waals surface area contributed by atoms with Crippen LogP contribution in [0.5, 0.6) is 0 Å². The summed E-state index contributed by atoms with van der Waals surface area (Å²) in [6.45, 7) is 3.01. The van der Waals surface area contributed by atoms with Gasteiger partial charge in [-0.25, -0.2) is 8.42 Å². The quantitative estimate of drug-likeness (QED) is 0.551. The number of carbonyl (C=O) groups excluding carboxylic acids is 1. The highest BCUT2D eigenvalue weighted by Crippen LogP contribution is 2.24. The van der Waals surface area contributed by atoms with Gasteiger partial charge in [0, 0.05) is 18.7 Å². The summed E-state index contributed by atoms with van der Waals surface area (Å²) < 4.78 is 27.5. The molecule has 0 bridgehead atoms. The molecule has 0 amide bonds. The maximum atomic E-state index is 12.6. The van der Waals surface area contributed by atoms with Crippen molar-refractivity contribution in [3.63, 3.8) is 0 Å². The van der Waals surface area contributed by atoms with E-state index in [1.165, 1.54) is 39.5 Å². The van der Waals surface area contributed by atoms with Crippen molar-refractivity contribution in [2.45, 2.75) is 35.4 Å². The minimum Gasteiger partial charge on any atom is -0.293 e. The van der Waals surface area contributed by atoms with Crippen LogP contribution in [0, 0.1) is 6.92 Å². The van der Waals surface area contributed by atoms with Gasteiger partial charge < -0.3 is 0 Å². The van der Waals surface area contributed by atoms with Crippen molar-refractivity contribution < 1.29 is 13.2 Å². The summed E-state index contributed by atoms with van der Waals surface area (Å²) in [5.41, 5.74) is 0.506. The number of piperidine rings is 1. The van der Waals surface area contributed by atoms with Crippen LogP contribution in [0.25, 0.3) is 0 Å². The maximum absolute atomic E-state index is 12.6. The third kappa shape index (κ3) is 4.46. The summed E-state index contributed by atoms with van der Waals surface area (Å²) in [5.74, 6) is 0.201. The molecule has 2 heterocycles. The summed E-state index contributed by atoms with van der Waals surface area (Å²) in [6.07, 6.45) is 2.88. The minimum atomic E-state index is -3.46. The van der Waals surface area contributed by atoms with Crippen molar-refractivity contribution in [3.8, 4) is 0 Å². The van der Waals surface area contributed by atoms with Crippen LogP contribution in [-0.2, 0) is 10.0 Å². The Balaban J connectivity index is 1.65. The number of ketones is 1. The summed E-state index contributed by atoms with van der Waals surface area (Å²) in [4.78, 5) is 12.5. The molecule has 2 aromatic rings. The molecule has 0 spiro atoms. The third-order valence-electron chi connectivity index (χ3n) is 3.96. The second-order valence-corrected chi connectivity index (χ2v) is 10.1.